The van der Waals surface area contributed by atoms with E-state index < -0.39 is 16.4 Å². The monoisotopic (exact) mass is 560 g/mol. The molecule has 0 saturated carbocycles. The lowest BCUT2D eigenvalue weighted by molar-refractivity contribution is 0.271. The van der Waals surface area contributed by atoms with E-state index >= 15 is 0 Å². The Morgan fingerprint density at radius 1 is 0.575 bits per heavy atom. The van der Waals surface area contributed by atoms with Crippen molar-refractivity contribution in [1.29, 1.82) is 0 Å². The first-order valence-electron chi connectivity index (χ1n) is 14.5. The summed E-state index contributed by atoms with van der Waals surface area (Å²) >= 11 is 0. The predicted octanol–water partition coefficient (Wildman–Crippen LogP) is 8.95. The Morgan fingerprint density at radius 2 is 1.02 bits per heavy atom. The molecule has 0 bridgehead atoms. The second-order valence-electron chi connectivity index (χ2n) is 11.8. The summed E-state index contributed by atoms with van der Waals surface area (Å²) in [6, 6.07) is 41.4. The molecule has 3 heteroatoms. The Bertz CT molecular complexity index is 1360. The maximum Gasteiger partial charge on any atom is 0.218 e. The first kappa shape index (κ1) is 29.7. The summed E-state index contributed by atoms with van der Waals surface area (Å²) in [6.45, 7) is 11.9. The van der Waals surface area contributed by atoms with E-state index in [0.717, 1.165) is 12.8 Å². The highest BCUT2D eigenvalue weighted by molar-refractivity contribution is 6.92. The van der Waals surface area contributed by atoms with Crippen LogP contribution in [-0.4, -0.2) is 22.1 Å². The number of hydrogen-bond acceptors (Lipinski definition) is 1. The first-order chi connectivity index (χ1) is 19.3. The molecule has 0 spiro atoms. The summed E-state index contributed by atoms with van der Waals surface area (Å²) in [5.74, 6) is 0.522. The van der Waals surface area contributed by atoms with Crippen molar-refractivity contribution < 1.29 is 4.43 Å². The maximum atomic E-state index is 7.14. The van der Waals surface area contributed by atoms with Gasteiger partial charge >= 0.3 is 0 Å². The summed E-state index contributed by atoms with van der Waals surface area (Å²) < 4.78 is 7.14. The molecule has 40 heavy (non-hydrogen) atoms. The van der Waals surface area contributed by atoms with E-state index in [1.54, 1.807) is 0 Å². The van der Waals surface area contributed by atoms with E-state index in [1.807, 2.05) is 0 Å². The molecular weight excluding hydrogens is 517 g/mol. The normalized spacial score (nSPS) is 14.0. The second-order valence-corrected chi connectivity index (χ2v) is 20.3. The van der Waals surface area contributed by atoms with Crippen molar-refractivity contribution in [3.63, 3.8) is 0 Å². The van der Waals surface area contributed by atoms with Crippen LogP contribution in [0.3, 0.4) is 0 Å². The van der Waals surface area contributed by atoms with Gasteiger partial charge in [0.05, 0.1) is 0 Å². The van der Waals surface area contributed by atoms with Crippen LogP contribution in [0.15, 0.2) is 127 Å². The fraction of sp³-hybridized carbons (Fsp3) is 0.243. The third kappa shape index (κ3) is 8.14. The van der Waals surface area contributed by atoms with Crippen LogP contribution in [0.5, 0.6) is 0 Å². The van der Waals surface area contributed by atoms with Crippen molar-refractivity contribution in [2.24, 2.45) is 0 Å². The minimum atomic E-state index is -2.07. The van der Waals surface area contributed by atoms with Crippen LogP contribution in [0.2, 0.25) is 26.2 Å². The lowest BCUT2D eigenvalue weighted by atomic mass is 9.97. The van der Waals surface area contributed by atoms with Gasteiger partial charge in [-0.1, -0.05) is 165 Å². The lowest BCUT2D eigenvalue weighted by Crippen LogP contribution is -2.59. The Labute approximate surface area is 244 Å². The second kappa shape index (κ2) is 13.9. The Kier molecular flexibility index (Phi) is 10.3. The summed E-state index contributed by atoms with van der Waals surface area (Å²) in [5.41, 5.74) is 4.06. The van der Waals surface area contributed by atoms with Gasteiger partial charge in [0.2, 0.25) is 8.32 Å². The molecule has 0 aliphatic heterocycles. The summed E-state index contributed by atoms with van der Waals surface area (Å²) in [4.78, 5) is 0. The quantitative estimate of drug-likeness (QED) is 0.157. The molecule has 4 aromatic carbocycles. The molecule has 0 aromatic heterocycles. The first-order valence-corrected chi connectivity index (χ1v) is 20.5. The molecule has 0 amide bonds. The van der Waals surface area contributed by atoms with Gasteiger partial charge in [0, 0.05) is 5.73 Å². The van der Waals surface area contributed by atoms with Gasteiger partial charge in [-0.2, -0.15) is 0 Å². The SMILES string of the molecule is CC(C/C=C\c1ccc(/C=C\CC(O[Si](C)(C)c2ccccc2)[Si](C)(C)c2ccccc2)cc1)c1ccccc1. The van der Waals surface area contributed by atoms with E-state index in [0.29, 0.717) is 5.92 Å². The number of hydrogen-bond donors (Lipinski definition) is 0. The minimum Gasteiger partial charge on any atom is -0.412 e. The lowest BCUT2D eigenvalue weighted by Gasteiger charge is -2.38. The molecule has 0 radical (unpaired) electrons. The van der Waals surface area contributed by atoms with Crippen molar-refractivity contribution in [3.8, 4) is 0 Å². The summed E-state index contributed by atoms with van der Waals surface area (Å²) in [5, 5.41) is 2.80. The van der Waals surface area contributed by atoms with Crippen molar-refractivity contribution in [1.82, 2.24) is 0 Å². The molecule has 2 atom stereocenters. The Balaban J connectivity index is 1.43. The van der Waals surface area contributed by atoms with Gasteiger partial charge in [-0.25, -0.2) is 0 Å². The molecular formula is C37H44OSi2. The van der Waals surface area contributed by atoms with Gasteiger partial charge in [0.1, 0.15) is 8.07 Å². The van der Waals surface area contributed by atoms with E-state index in [1.165, 1.54) is 27.1 Å². The van der Waals surface area contributed by atoms with Crippen molar-refractivity contribution in [2.45, 2.75) is 57.6 Å². The smallest absolute Gasteiger partial charge is 0.218 e. The molecule has 0 aliphatic carbocycles. The summed E-state index contributed by atoms with van der Waals surface area (Å²) in [7, 11) is -3.97. The van der Waals surface area contributed by atoms with Gasteiger partial charge in [-0.15, -0.1) is 0 Å². The van der Waals surface area contributed by atoms with Crippen LogP contribution in [0.25, 0.3) is 12.2 Å². The van der Waals surface area contributed by atoms with E-state index in [9.17, 15) is 0 Å². The van der Waals surface area contributed by atoms with Gasteiger partial charge in [-0.05, 0) is 53.7 Å². The highest BCUT2D eigenvalue weighted by atomic mass is 28.4. The van der Waals surface area contributed by atoms with Gasteiger partial charge < -0.3 is 4.43 Å². The van der Waals surface area contributed by atoms with Gasteiger partial charge in [-0.3, -0.25) is 0 Å². The van der Waals surface area contributed by atoms with E-state index in [4.69, 9.17) is 4.43 Å². The van der Waals surface area contributed by atoms with Crippen LogP contribution in [0.4, 0.5) is 0 Å². The van der Waals surface area contributed by atoms with Crippen LogP contribution >= 0.6 is 0 Å². The average molecular weight is 561 g/mol. The fourth-order valence-electron chi connectivity index (χ4n) is 5.18. The largest absolute Gasteiger partial charge is 0.412 e. The molecule has 4 rings (SSSR count). The van der Waals surface area contributed by atoms with Crippen LogP contribution in [0, 0.1) is 0 Å². The molecule has 2 unspecified atom stereocenters. The van der Waals surface area contributed by atoms with E-state index in [-0.39, 0.29) is 5.73 Å². The predicted molar refractivity (Wildman–Crippen MR) is 181 cm³/mol. The fourth-order valence-corrected chi connectivity index (χ4v) is 11.3. The molecule has 0 aliphatic rings. The zero-order valence-electron chi connectivity index (χ0n) is 24.8. The Hall–Kier alpha value is -3.25. The molecule has 0 heterocycles. The van der Waals surface area contributed by atoms with E-state index in [2.05, 4.69) is 173 Å². The highest BCUT2D eigenvalue weighted by Gasteiger charge is 2.39. The molecule has 1 nitrogen and oxygen atoms in total. The zero-order chi connectivity index (χ0) is 28.4. The average Bonchev–Trinajstić information content (AvgIpc) is 2.98. The Morgan fingerprint density at radius 3 is 1.55 bits per heavy atom. The van der Waals surface area contributed by atoms with Crippen molar-refractivity contribution in [3.05, 3.63) is 144 Å². The molecule has 206 valence electrons. The molecule has 0 fully saturated rings. The zero-order valence-corrected chi connectivity index (χ0v) is 26.8. The van der Waals surface area contributed by atoms with Crippen LogP contribution in [-0.2, 0) is 4.43 Å². The van der Waals surface area contributed by atoms with Crippen LogP contribution in [0.1, 0.15) is 42.4 Å². The van der Waals surface area contributed by atoms with Gasteiger partial charge in [0.15, 0.2) is 0 Å². The molecule has 0 saturated heterocycles. The molecule has 4 aromatic rings. The number of rotatable bonds is 12. The summed E-state index contributed by atoms with van der Waals surface area (Å²) in [6.07, 6.45) is 11.1. The third-order valence-corrected chi connectivity index (χ3v) is 14.6. The van der Waals surface area contributed by atoms with Crippen molar-refractivity contribution >= 4 is 38.9 Å². The third-order valence-electron chi connectivity index (χ3n) is 7.99. The van der Waals surface area contributed by atoms with Crippen LogP contribution < -0.4 is 10.4 Å². The number of benzene rings is 4. The van der Waals surface area contributed by atoms with Crippen molar-refractivity contribution in [2.75, 3.05) is 0 Å². The minimum absolute atomic E-state index is 0.196. The number of allylic oxidation sites excluding steroid dienone is 1. The topological polar surface area (TPSA) is 9.23 Å². The maximum absolute atomic E-state index is 7.14. The highest BCUT2D eigenvalue weighted by Crippen LogP contribution is 2.23. The standard InChI is InChI=1S/C37H44OSi2/c1-31(34-20-9-6-10-21-34)17-15-18-32-27-29-33(30-28-32)19-16-26-37(39(2,3)35-22-11-7-12-23-35)38-40(4,5)36-24-13-8-14-25-36/h6-16,18-25,27-31,37H,17,26H2,1-5H3/b18-15-,19-16-. The van der Waals surface area contributed by atoms with Gasteiger partial charge in [0.25, 0.3) is 0 Å². The molecule has 0 N–H and O–H groups in total.